The lowest BCUT2D eigenvalue weighted by atomic mass is 10.1. The fraction of sp³-hybridized carbons (Fsp3) is 0.767. The molecule has 0 aromatic rings. The van der Waals surface area contributed by atoms with Crippen molar-refractivity contribution in [2.45, 2.75) is 348 Å². The van der Waals surface area contributed by atoms with Crippen molar-refractivity contribution in [3.05, 3.63) is 85.1 Å². The number of hydrogen-bond donors (Lipinski definition) is 0. The van der Waals surface area contributed by atoms with Crippen LogP contribution in [-0.2, 0) is 28.6 Å². The Morgan fingerprint density at radius 2 is 0.494 bits per heavy atom. The maximum atomic E-state index is 13.0. The van der Waals surface area contributed by atoms with E-state index >= 15 is 0 Å². The van der Waals surface area contributed by atoms with E-state index in [1.54, 1.807) is 0 Å². The number of ether oxygens (including phenoxy) is 3. The number of esters is 3. The predicted molar refractivity (Wildman–Crippen MR) is 344 cm³/mol. The summed E-state index contributed by atoms with van der Waals surface area (Å²) in [5.74, 6) is -0.886. The Morgan fingerprint density at radius 1 is 0.266 bits per heavy atom. The van der Waals surface area contributed by atoms with Crippen LogP contribution in [0.25, 0.3) is 0 Å². The van der Waals surface area contributed by atoms with E-state index in [1.165, 1.54) is 199 Å². The molecule has 0 aromatic carbocycles. The van der Waals surface area contributed by atoms with Crippen molar-refractivity contribution in [2.75, 3.05) is 13.2 Å². The van der Waals surface area contributed by atoms with Gasteiger partial charge in [0.25, 0.3) is 0 Å². The Hall–Kier alpha value is -3.41. The van der Waals surface area contributed by atoms with Gasteiger partial charge in [0.1, 0.15) is 13.2 Å². The van der Waals surface area contributed by atoms with E-state index in [0.29, 0.717) is 19.3 Å². The van der Waals surface area contributed by atoms with Crippen molar-refractivity contribution in [1.29, 1.82) is 0 Å². The SMILES string of the molecule is CC/C=C\C/C=C\C/C=C\CCCCCCCCCC(=O)OCC(COC(=O)CCCCCCCCCC/C=C\C/C=C\C/C=C\CCCCCCC)OC(=O)CCCCCCCCCCC/C=C\CCCCCCCCCC. The van der Waals surface area contributed by atoms with E-state index in [-0.39, 0.29) is 31.1 Å². The van der Waals surface area contributed by atoms with Crippen molar-refractivity contribution < 1.29 is 28.6 Å². The first-order valence-electron chi connectivity index (χ1n) is 34.1. The summed E-state index contributed by atoms with van der Waals surface area (Å²) in [7, 11) is 0. The molecule has 0 spiro atoms. The molecular weight excluding hydrogens is 973 g/mol. The van der Waals surface area contributed by atoms with Crippen LogP contribution < -0.4 is 0 Å². The van der Waals surface area contributed by atoms with Crippen LogP contribution in [0.1, 0.15) is 342 Å². The van der Waals surface area contributed by atoms with Gasteiger partial charge in [0.15, 0.2) is 6.10 Å². The molecule has 0 amide bonds. The second-order valence-corrected chi connectivity index (χ2v) is 22.7. The molecule has 0 saturated heterocycles. The molecule has 0 fully saturated rings. The molecule has 0 radical (unpaired) electrons. The summed E-state index contributed by atoms with van der Waals surface area (Å²) < 4.78 is 17.0. The van der Waals surface area contributed by atoms with Crippen LogP contribution >= 0.6 is 0 Å². The largest absolute Gasteiger partial charge is 0.462 e. The highest BCUT2D eigenvalue weighted by Gasteiger charge is 2.19. The average molecular weight is 1100 g/mol. The van der Waals surface area contributed by atoms with E-state index in [0.717, 1.165) is 103 Å². The zero-order valence-corrected chi connectivity index (χ0v) is 52.4. The van der Waals surface area contributed by atoms with Gasteiger partial charge >= 0.3 is 17.9 Å². The summed E-state index contributed by atoms with van der Waals surface area (Å²) in [5, 5.41) is 0. The molecule has 0 bridgehead atoms. The number of carbonyl (C=O) groups is 3. The Labute approximate surface area is 490 Å². The second kappa shape index (κ2) is 67.1. The van der Waals surface area contributed by atoms with Gasteiger partial charge in [-0.05, 0) is 116 Å². The molecule has 6 heteroatoms. The molecular formula is C73H128O6. The maximum Gasteiger partial charge on any atom is 0.306 e. The molecule has 0 aromatic heterocycles. The highest BCUT2D eigenvalue weighted by atomic mass is 16.6. The van der Waals surface area contributed by atoms with Crippen molar-refractivity contribution in [2.24, 2.45) is 0 Å². The smallest absolute Gasteiger partial charge is 0.306 e. The number of hydrogen-bond acceptors (Lipinski definition) is 6. The van der Waals surface area contributed by atoms with Gasteiger partial charge in [0.05, 0.1) is 0 Å². The van der Waals surface area contributed by atoms with Gasteiger partial charge in [-0.25, -0.2) is 0 Å². The quantitative estimate of drug-likeness (QED) is 0.0261. The molecule has 0 N–H and O–H groups in total. The lowest BCUT2D eigenvalue weighted by molar-refractivity contribution is -0.167. The topological polar surface area (TPSA) is 78.9 Å². The van der Waals surface area contributed by atoms with Gasteiger partial charge in [-0.3, -0.25) is 14.4 Å². The van der Waals surface area contributed by atoms with Crippen molar-refractivity contribution in [1.82, 2.24) is 0 Å². The van der Waals surface area contributed by atoms with E-state index in [1.807, 2.05) is 0 Å². The van der Waals surface area contributed by atoms with Gasteiger partial charge < -0.3 is 14.2 Å². The van der Waals surface area contributed by atoms with Crippen LogP contribution in [-0.4, -0.2) is 37.2 Å². The van der Waals surface area contributed by atoms with Crippen LogP contribution in [0.2, 0.25) is 0 Å². The Balaban J connectivity index is 4.38. The number of unbranched alkanes of at least 4 members (excludes halogenated alkanes) is 37. The van der Waals surface area contributed by atoms with Crippen molar-refractivity contribution in [3.8, 4) is 0 Å². The lowest BCUT2D eigenvalue weighted by Gasteiger charge is -2.18. The molecule has 6 nitrogen and oxygen atoms in total. The highest BCUT2D eigenvalue weighted by Crippen LogP contribution is 2.17. The highest BCUT2D eigenvalue weighted by molar-refractivity contribution is 5.71. The van der Waals surface area contributed by atoms with Gasteiger partial charge in [0, 0.05) is 19.3 Å². The molecule has 1 atom stereocenters. The molecule has 456 valence electrons. The molecule has 0 aliphatic heterocycles. The van der Waals surface area contributed by atoms with E-state index in [2.05, 4.69) is 106 Å². The zero-order valence-electron chi connectivity index (χ0n) is 52.4. The van der Waals surface area contributed by atoms with Gasteiger partial charge in [-0.1, -0.05) is 292 Å². The Kier molecular flexibility index (Phi) is 64.2. The van der Waals surface area contributed by atoms with E-state index in [4.69, 9.17) is 14.2 Å². The van der Waals surface area contributed by atoms with E-state index in [9.17, 15) is 14.4 Å². The fourth-order valence-corrected chi connectivity index (χ4v) is 9.76. The van der Waals surface area contributed by atoms with Crippen molar-refractivity contribution >= 4 is 17.9 Å². The summed E-state index contributed by atoms with van der Waals surface area (Å²) in [6.45, 7) is 6.55. The number of allylic oxidation sites excluding steroid dienone is 14. The first kappa shape index (κ1) is 75.6. The first-order valence-corrected chi connectivity index (χ1v) is 34.1. The summed E-state index contributed by atoms with van der Waals surface area (Å²) in [6.07, 6.45) is 88.8. The normalized spacial score (nSPS) is 12.6. The lowest BCUT2D eigenvalue weighted by Crippen LogP contribution is -2.30. The minimum atomic E-state index is -0.788. The number of rotatable bonds is 62. The second-order valence-electron chi connectivity index (χ2n) is 22.7. The summed E-state index contributed by atoms with van der Waals surface area (Å²) >= 11 is 0. The average Bonchev–Trinajstić information content (AvgIpc) is 3.45. The molecule has 0 heterocycles. The van der Waals surface area contributed by atoms with Crippen LogP contribution in [0.15, 0.2) is 85.1 Å². The predicted octanol–water partition coefficient (Wildman–Crippen LogP) is 23.4. The maximum absolute atomic E-state index is 13.0. The van der Waals surface area contributed by atoms with Crippen LogP contribution in [0.3, 0.4) is 0 Å². The van der Waals surface area contributed by atoms with Gasteiger partial charge in [-0.2, -0.15) is 0 Å². The van der Waals surface area contributed by atoms with Crippen LogP contribution in [0.5, 0.6) is 0 Å². The van der Waals surface area contributed by atoms with Crippen molar-refractivity contribution in [3.63, 3.8) is 0 Å². The summed E-state index contributed by atoms with van der Waals surface area (Å²) in [5.41, 5.74) is 0. The third-order valence-electron chi connectivity index (χ3n) is 14.9. The van der Waals surface area contributed by atoms with Crippen LogP contribution in [0.4, 0.5) is 0 Å². The third-order valence-corrected chi connectivity index (χ3v) is 14.9. The first-order chi connectivity index (χ1) is 39.0. The van der Waals surface area contributed by atoms with Gasteiger partial charge in [0.2, 0.25) is 0 Å². The number of carbonyl (C=O) groups excluding carboxylic acids is 3. The Morgan fingerprint density at radius 3 is 0.785 bits per heavy atom. The fourth-order valence-electron chi connectivity index (χ4n) is 9.76. The summed E-state index contributed by atoms with van der Waals surface area (Å²) in [4.78, 5) is 38.4. The minimum Gasteiger partial charge on any atom is -0.462 e. The zero-order chi connectivity index (χ0) is 57.1. The third kappa shape index (κ3) is 65.3. The van der Waals surface area contributed by atoms with Crippen LogP contribution in [0, 0.1) is 0 Å². The van der Waals surface area contributed by atoms with E-state index < -0.39 is 6.10 Å². The molecule has 0 aliphatic rings. The molecule has 1 unspecified atom stereocenters. The Bertz CT molecular complexity index is 1500. The molecule has 0 rings (SSSR count). The molecule has 0 aliphatic carbocycles. The summed E-state index contributed by atoms with van der Waals surface area (Å²) in [6, 6.07) is 0. The minimum absolute atomic E-state index is 0.0833. The molecule has 0 saturated carbocycles. The monoisotopic (exact) mass is 1100 g/mol. The van der Waals surface area contributed by atoms with Gasteiger partial charge in [-0.15, -0.1) is 0 Å². The standard InChI is InChI=1S/C73H128O6/c1-4-7-10-13-16-19-22-25-28-31-33-35-36-38-39-42-45-48-51-54-57-60-63-66-72(75)78-69-70(68-77-71(74)65-62-59-56-53-50-47-44-41-30-27-24-21-18-15-12-9-6-3)79-73(76)67-64-61-58-55-52-49-46-43-40-37-34-32-29-26-23-20-17-14-11-8-5-2/h9,12,18,21-22,25,27,30-34,36,38,70H,4-8,10-11,13-17,19-20,23-24,26,28-29,35,37,39-69H2,1-3H3/b12-9-,21-18-,25-22-,30-27-,33-31-,34-32-,38-36-. The molecule has 79 heavy (non-hydrogen) atoms.